The summed E-state index contributed by atoms with van der Waals surface area (Å²) in [5, 5.41) is 12.7. The second kappa shape index (κ2) is 7.16. The zero-order valence-electron chi connectivity index (χ0n) is 11.4. The molecule has 1 saturated heterocycles. The third-order valence-electron chi connectivity index (χ3n) is 3.28. The first kappa shape index (κ1) is 15.4. The fourth-order valence-electron chi connectivity index (χ4n) is 2.18. The van der Waals surface area contributed by atoms with Crippen LogP contribution >= 0.6 is 0 Å². The molecule has 0 radical (unpaired) electrons. The molecule has 1 aliphatic rings. The number of rotatable bonds is 7. The van der Waals surface area contributed by atoms with Crippen LogP contribution in [0, 0.1) is 0 Å². The Morgan fingerprint density at radius 1 is 1.50 bits per heavy atom. The van der Waals surface area contributed by atoms with Crippen LogP contribution in [-0.4, -0.2) is 49.2 Å². The number of aliphatic hydroxyl groups excluding tert-OH is 1. The largest absolute Gasteiger partial charge is 0.394 e. The van der Waals surface area contributed by atoms with Crippen LogP contribution < -0.4 is 4.72 Å². The van der Waals surface area contributed by atoms with Gasteiger partial charge < -0.3 is 9.84 Å². The lowest BCUT2D eigenvalue weighted by Gasteiger charge is -2.22. The molecule has 114 valence electrons. The molecule has 20 heavy (non-hydrogen) atoms. The van der Waals surface area contributed by atoms with Gasteiger partial charge in [-0.2, -0.15) is 5.10 Å². The van der Waals surface area contributed by atoms with E-state index in [1.807, 2.05) is 0 Å². The van der Waals surface area contributed by atoms with E-state index in [0.29, 0.717) is 13.0 Å². The molecule has 0 amide bonds. The predicted octanol–water partition coefficient (Wildman–Crippen LogP) is 0.113. The molecule has 1 aliphatic heterocycles. The molecule has 0 aromatic carbocycles. The van der Waals surface area contributed by atoms with Crippen LogP contribution in [0.2, 0.25) is 0 Å². The first-order valence-corrected chi connectivity index (χ1v) is 8.35. The second-order valence-electron chi connectivity index (χ2n) is 4.84. The van der Waals surface area contributed by atoms with E-state index in [4.69, 9.17) is 9.84 Å². The molecule has 0 spiro atoms. The van der Waals surface area contributed by atoms with Crippen LogP contribution in [-0.2, 0) is 21.3 Å². The van der Waals surface area contributed by atoms with Gasteiger partial charge in [-0.05, 0) is 25.7 Å². The molecule has 0 saturated carbocycles. The number of nitrogens with zero attached hydrogens (tertiary/aromatic N) is 2. The summed E-state index contributed by atoms with van der Waals surface area (Å²) in [5.41, 5.74) is 0. The Balaban J connectivity index is 1.83. The summed E-state index contributed by atoms with van der Waals surface area (Å²) in [4.78, 5) is 0.121. The van der Waals surface area contributed by atoms with Gasteiger partial charge in [0.05, 0.1) is 25.5 Å². The molecule has 2 N–H and O–H groups in total. The highest BCUT2D eigenvalue weighted by Crippen LogP contribution is 2.15. The van der Waals surface area contributed by atoms with Gasteiger partial charge in [0.15, 0.2) is 0 Å². The Morgan fingerprint density at radius 2 is 2.35 bits per heavy atom. The molecule has 1 aromatic rings. The number of aliphatic hydroxyl groups is 1. The van der Waals surface area contributed by atoms with Gasteiger partial charge in [-0.1, -0.05) is 0 Å². The average molecular weight is 303 g/mol. The summed E-state index contributed by atoms with van der Waals surface area (Å²) < 4.78 is 33.6. The highest BCUT2D eigenvalue weighted by molar-refractivity contribution is 7.89. The zero-order chi connectivity index (χ0) is 14.4. The molecule has 0 bridgehead atoms. The summed E-state index contributed by atoms with van der Waals surface area (Å²) in [6, 6.07) is 0. The minimum absolute atomic E-state index is 0.0758. The monoisotopic (exact) mass is 303 g/mol. The smallest absolute Gasteiger partial charge is 0.243 e. The van der Waals surface area contributed by atoms with E-state index in [9.17, 15) is 8.42 Å². The molecular weight excluding hydrogens is 282 g/mol. The van der Waals surface area contributed by atoms with Gasteiger partial charge in [0.1, 0.15) is 4.90 Å². The summed E-state index contributed by atoms with van der Waals surface area (Å²) in [5.74, 6) is 0. The Morgan fingerprint density at radius 3 is 3.05 bits per heavy atom. The van der Waals surface area contributed by atoms with Crippen LogP contribution in [0.5, 0.6) is 0 Å². The van der Waals surface area contributed by atoms with Crippen LogP contribution in [0.4, 0.5) is 0 Å². The Hall–Kier alpha value is -0.960. The summed E-state index contributed by atoms with van der Waals surface area (Å²) >= 11 is 0. The third-order valence-corrected chi connectivity index (χ3v) is 4.70. The molecule has 1 aromatic heterocycles. The van der Waals surface area contributed by atoms with Crippen molar-refractivity contribution in [1.82, 2.24) is 14.5 Å². The van der Waals surface area contributed by atoms with Crippen LogP contribution in [0.3, 0.4) is 0 Å². The Bertz CT molecular complexity index is 509. The summed E-state index contributed by atoms with van der Waals surface area (Å²) in [6.07, 6.45) is 6.77. The van der Waals surface area contributed by atoms with Gasteiger partial charge >= 0.3 is 0 Å². The minimum Gasteiger partial charge on any atom is -0.394 e. The van der Waals surface area contributed by atoms with Gasteiger partial charge in [0.25, 0.3) is 0 Å². The quantitative estimate of drug-likeness (QED) is 0.746. The predicted molar refractivity (Wildman–Crippen MR) is 72.7 cm³/mol. The molecule has 7 nitrogen and oxygen atoms in total. The highest BCUT2D eigenvalue weighted by atomic mass is 32.2. The van der Waals surface area contributed by atoms with E-state index in [1.165, 1.54) is 17.1 Å². The molecule has 2 rings (SSSR count). The van der Waals surface area contributed by atoms with E-state index in [1.54, 1.807) is 0 Å². The molecule has 0 aliphatic carbocycles. The number of nitrogens with one attached hydrogen (secondary N) is 1. The van der Waals surface area contributed by atoms with E-state index in [0.717, 1.165) is 25.9 Å². The zero-order valence-corrected chi connectivity index (χ0v) is 12.2. The van der Waals surface area contributed by atoms with Gasteiger partial charge in [-0.3, -0.25) is 4.68 Å². The highest BCUT2D eigenvalue weighted by Gasteiger charge is 2.18. The lowest BCUT2D eigenvalue weighted by atomic mass is 10.1. The number of sulfonamides is 1. The van der Waals surface area contributed by atoms with Gasteiger partial charge in [-0.25, -0.2) is 13.1 Å². The molecular formula is C12H21N3O4S. The Kier molecular flexibility index (Phi) is 5.53. The molecule has 2 heterocycles. The van der Waals surface area contributed by atoms with Crippen LogP contribution in [0.1, 0.15) is 25.7 Å². The van der Waals surface area contributed by atoms with Crippen molar-refractivity contribution in [1.29, 1.82) is 0 Å². The third kappa shape index (κ3) is 4.27. The van der Waals surface area contributed by atoms with Crippen LogP contribution in [0.15, 0.2) is 17.3 Å². The fourth-order valence-corrected chi connectivity index (χ4v) is 3.18. The lowest BCUT2D eigenvalue weighted by molar-refractivity contribution is 0.0123. The topological polar surface area (TPSA) is 93.5 Å². The van der Waals surface area contributed by atoms with Crippen molar-refractivity contribution in [2.75, 3.05) is 19.8 Å². The molecule has 1 fully saturated rings. The van der Waals surface area contributed by atoms with Crippen molar-refractivity contribution in [3.8, 4) is 0 Å². The summed E-state index contributed by atoms with van der Waals surface area (Å²) in [7, 11) is -3.53. The van der Waals surface area contributed by atoms with E-state index in [2.05, 4.69) is 9.82 Å². The standard InChI is InChI=1S/C12H21N3O4S/c16-7-6-15-10-12(9-13-15)20(17,18)14-5-4-11-3-1-2-8-19-11/h9-11,14,16H,1-8H2. The van der Waals surface area contributed by atoms with Gasteiger partial charge in [-0.15, -0.1) is 0 Å². The second-order valence-corrected chi connectivity index (χ2v) is 6.60. The number of ether oxygens (including phenoxy) is 1. The molecule has 1 unspecified atom stereocenters. The van der Waals surface area contributed by atoms with Crippen molar-refractivity contribution in [3.05, 3.63) is 12.4 Å². The van der Waals surface area contributed by atoms with E-state index in [-0.39, 0.29) is 24.2 Å². The number of hydrogen-bond acceptors (Lipinski definition) is 5. The van der Waals surface area contributed by atoms with Crippen molar-refractivity contribution >= 4 is 10.0 Å². The van der Waals surface area contributed by atoms with Gasteiger partial charge in [0.2, 0.25) is 10.0 Å². The lowest BCUT2D eigenvalue weighted by Crippen LogP contribution is -2.29. The fraction of sp³-hybridized carbons (Fsp3) is 0.750. The average Bonchev–Trinajstić information content (AvgIpc) is 2.90. The maximum absolute atomic E-state index is 12.0. The van der Waals surface area contributed by atoms with Crippen molar-refractivity contribution < 1.29 is 18.3 Å². The van der Waals surface area contributed by atoms with Gasteiger partial charge in [0, 0.05) is 19.3 Å². The first-order chi connectivity index (χ1) is 9.62. The number of aromatic nitrogens is 2. The molecule has 1 atom stereocenters. The minimum atomic E-state index is -3.53. The number of hydrogen-bond donors (Lipinski definition) is 2. The first-order valence-electron chi connectivity index (χ1n) is 6.86. The van der Waals surface area contributed by atoms with E-state index >= 15 is 0 Å². The summed E-state index contributed by atoms with van der Waals surface area (Å²) in [6.45, 7) is 1.34. The Labute approximate surface area is 119 Å². The van der Waals surface area contributed by atoms with Crippen LogP contribution in [0.25, 0.3) is 0 Å². The maximum Gasteiger partial charge on any atom is 0.243 e. The maximum atomic E-state index is 12.0. The normalized spacial score (nSPS) is 20.1. The van der Waals surface area contributed by atoms with E-state index < -0.39 is 10.0 Å². The SMILES string of the molecule is O=S(=O)(NCCC1CCCCO1)c1cnn(CCO)c1. The molecule has 8 heteroatoms. The van der Waals surface area contributed by atoms with Crippen molar-refractivity contribution in [3.63, 3.8) is 0 Å². The van der Waals surface area contributed by atoms with Crippen molar-refractivity contribution in [2.45, 2.75) is 43.2 Å². The van der Waals surface area contributed by atoms with Crippen molar-refractivity contribution in [2.24, 2.45) is 0 Å².